The van der Waals surface area contributed by atoms with Gasteiger partial charge in [0.1, 0.15) is 16.5 Å². The van der Waals surface area contributed by atoms with Crippen LogP contribution in [0.2, 0.25) is 0 Å². The molecule has 0 spiro atoms. The molecule has 0 aliphatic rings. The van der Waals surface area contributed by atoms with Crippen LogP contribution in [0.4, 0.5) is 8.78 Å². The molecule has 4 nitrogen and oxygen atoms in total. The van der Waals surface area contributed by atoms with Crippen LogP contribution in [0.1, 0.15) is 6.92 Å². The van der Waals surface area contributed by atoms with Crippen LogP contribution in [0.25, 0.3) is 0 Å². The van der Waals surface area contributed by atoms with Gasteiger partial charge in [0.15, 0.2) is 0 Å². The quantitative estimate of drug-likeness (QED) is 0.861. The molecule has 18 heavy (non-hydrogen) atoms. The molecule has 1 unspecified atom stereocenters. The average Bonchev–Trinajstić information content (AvgIpc) is 2.29. The van der Waals surface area contributed by atoms with Crippen LogP contribution in [-0.2, 0) is 10.0 Å². The first-order chi connectivity index (χ1) is 7.86. The minimum absolute atomic E-state index is 0. The topological polar surface area (TPSA) is 58.2 Å². The summed E-state index contributed by atoms with van der Waals surface area (Å²) in [6.45, 7) is 1.85. The number of hydrogen-bond donors (Lipinski definition) is 2. The first-order valence-electron chi connectivity index (χ1n) is 4.99. The van der Waals surface area contributed by atoms with Crippen LogP contribution < -0.4 is 10.0 Å². The number of rotatable bonds is 5. The monoisotopic (exact) mass is 300 g/mol. The van der Waals surface area contributed by atoms with E-state index in [-0.39, 0.29) is 25.0 Å². The first-order valence-corrected chi connectivity index (χ1v) is 6.47. The van der Waals surface area contributed by atoms with Crippen molar-refractivity contribution in [1.82, 2.24) is 10.0 Å². The number of hydrogen-bond acceptors (Lipinski definition) is 3. The third-order valence-electron chi connectivity index (χ3n) is 2.26. The van der Waals surface area contributed by atoms with Crippen LogP contribution in [-0.4, -0.2) is 28.1 Å². The molecule has 8 heteroatoms. The normalized spacial score (nSPS) is 12.9. The van der Waals surface area contributed by atoms with Gasteiger partial charge in [-0.2, -0.15) is 0 Å². The summed E-state index contributed by atoms with van der Waals surface area (Å²) in [7, 11) is -2.36. The Morgan fingerprint density at radius 1 is 1.33 bits per heavy atom. The second-order valence-corrected chi connectivity index (χ2v) is 5.35. The van der Waals surface area contributed by atoms with Crippen molar-refractivity contribution in [3.63, 3.8) is 0 Å². The van der Waals surface area contributed by atoms with Gasteiger partial charge in [-0.1, -0.05) is 0 Å². The number of benzene rings is 1. The van der Waals surface area contributed by atoms with E-state index in [1.165, 1.54) is 0 Å². The van der Waals surface area contributed by atoms with Gasteiger partial charge >= 0.3 is 0 Å². The second kappa shape index (κ2) is 6.98. The maximum Gasteiger partial charge on any atom is 0.243 e. The van der Waals surface area contributed by atoms with Crippen LogP contribution in [0.15, 0.2) is 23.1 Å². The Morgan fingerprint density at radius 2 is 1.94 bits per heavy atom. The maximum atomic E-state index is 13.3. The summed E-state index contributed by atoms with van der Waals surface area (Å²) in [6, 6.07) is 2.19. The van der Waals surface area contributed by atoms with Gasteiger partial charge in [-0.05, 0) is 32.2 Å². The van der Waals surface area contributed by atoms with E-state index in [2.05, 4.69) is 10.0 Å². The lowest BCUT2D eigenvalue weighted by molar-refractivity contribution is 0.534. The van der Waals surface area contributed by atoms with Gasteiger partial charge in [0.2, 0.25) is 10.0 Å². The lowest BCUT2D eigenvalue weighted by atomic mass is 10.3. The molecule has 0 bridgehead atoms. The van der Waals surface area contributed by atoms with E-state index in [1.807, 2.05) is 0 Å². The average molecular weight is 301 g/mol. The molecular weight excluding hydrogens is 286 g/mol. The molecule has 0 aromatic heterocycles. The Bertz CT molecular complexity index is 497. The SMILES string of the molecule is CNC(C)CNS(=O)(=O)c1cc(F)ccc1F.Cl. The van der Waals surface area contributed by atoms with E-state index in [4.69, 9.17) is 0 Å². The maximum absolute atomic E-state index is 13.3. The zero-order chi connectivity index (χ0) is 13.1. The number of sulfonamides is 1. The van der Waals surface area contributed by atoms with Gasteiger partial charge in [0, 0.05) is 12.6 Å². The number of halogens is 3. The van der Waals surface area contributed by atoms with Crippen molar-refractivity contribution in [3.8, 4) is 0 Å². The lowest BCUT2D eigenvalue weighted by Gasteiger charge is -2.12. The van der Waals surface area contributed by atoms with E-state index >= 15 is 0 Å². The van der Waals surface area contributed by atoms with Crippen molar-refractivity contribution < 1.29 is 17.2 Å². The first kappa shape index (κ1) is 17.2. The molecule has 0 aliphatic carbocycles. The molecular formula is C10H15ClF2N2O2S. The fourth-order valence-corrected chi connectivity index (χ4v) is 2.32. The van der Waals surface area contributed by atoms with Crippen molar-refractivity contribution in [2.45, 2.75) is 17.9 Å². The van der Waals surface area contributed by atoms with Crippen molar-refractivity contribution in [1.29, 1.82) is 0 Å². The minimum atomic E-state index is -4.02. The molecule has 0 saturated heterocycles. The van der Waals surface area contributed by atoms with Crippen LogP contribution in [0.5, 0.6) is 0 Å². The molecule has 0 amide bonds. The van der Waals surface area contributed by atoms with Crippen molar-refractivity contribution in [2.24, 2.45) is 0 Å². The molecule has 0 fully saturated rings. The summed E-state index contributed by atoms with van der Waals surface area (Å²) in [6.07, 6.45) is 0. The van der Waals surface area contributed by atoms with Gasteiger partial charge in [-0.25, -0.2) is 21.9 Å². The third-order valence-corrected chi connectivity index (χ3v) is 3.69. The zero-order valence-electron chi connectivity index (χ0n) is 9.91. The van der Waals surface area contributed by atoms with Gasteiger partial charge in [0.05, 0.1) is 0 Å². The molecule has 104 valence electrons. The largest absolute Gasteiger partial charge is 0.316 e. The van der Waals surface area contributed by atoms with Gasteiger partial charge in [0.25, 0.3) is 0 Å². The van der Waals surface area contributed by atoms with E-state index in [0.717, 1.165) is 12.1 Å². The molecule has 0 heterocycles. The predicted octanol–water partition coefficient (Wildman–Crippen LogP) is 1.27. The molecule has 1 rings (SSSR count). The molecule has 1 atom stereocenters. The summed E-state index contributed by atoms with van der Waals surface area (Å²) in [5.74, 6) is -1.77. The molecule has 2 N–H and O–H groups in total. The summed E-state index contributed by atoms with van der Waals surface area (Å²) >= 11 is 0. The Balaban J connectivity index is 0.00000289. The number of likely N-dealkylation sites (N-methyl/N-ethyl adjacent to an activating group) is 1. The fraction of sp³-hybridized carbons (Fsp3) is 0.400. The second-order valence-electron chi connectivity index (χ2n) is 3.62. The van der Waals surface area contributed by atoms with Gasteiger partial charge in [-0.3, -0.25) is 0 Å². The summed E-state index contributed by atoms with van der Waals surface area (Å²) in [5.41, 5.74) is 0. The van der Waals surface area contributed by atoms with Crippen LogP contribution >= 0.6 is 12.4 Å². The molecule has 0 aliphatic heterocycles. The minimum Gasteiger partial charge on any atom is -0.316 e. The highest BCUT2D eigenvalue weighted by Crippen LogP contribution is 2.15. The Morgan fingerprint density at radius 3 is 2.50 bits per heavy atom. The molecule has 0 saturated carbocycles. The molecule has 0 radical (unpaired) electrons. The molecule has 1 aromatic rings. The van der Waals surface area contributed by atoms with E-state index in [1.54, 1.807) is 14.0 Å². The Hall–Kier alpha value is -0.760. The van der Waals surface area contributed by atoms with E-state index in [9.17, 15) is 17.2 Å². The molecule has 1 aromatic carbocycles. The smallest absolute Gasteiger partial charge is 0.243 e. The summed E-state index contributed by atoms with van der Waals surface area (Å²) in [5, 5.41) is 2.82. The van der Waals surface area contributed by atoms with Crippen molar-refractivity contribution in [3.05, 3.63) is 29.8 Å². The van der Waals surface area contributed by atoms with Crippen molar-refractivity contribution in [2.75, 3.05) is 13.6 Å². The van der Waals surface area contributed by atoms with Crippen molar-refractivity contribution >= 4 is 22.4 Å². The number of nitrogens with one attached hydrogen (secondary N) is 2. The highest BCUT2D eigenvalue weighted by Gasteiger charge is 2.20. The fourth-order valence-electron chi connectivity index (χ4n) is 1.10. The predicted molar refractivity (Wildman–Crippen MR) is 67.3 cm³/mol. The summed E-state index contributed by atoms with van der Waals surface area (Å²) in [4.78, 5) is -0.680. The van der Waals surface area contributed by atoms with Gasteiger partial charge in [-0.15, -0.1) is 12.4 Å². The lowest BCUT2D eigenvalue weighted by Crippen LogP contribution is -2.37. The highest BCUT2D eigenvalue weighted by atomic mass is 35.5. The van der Waals surface area contributed by atoms with E-state index in [0.29, 0.717) is 6.07 Å². The van der Waals surface area contributed by atoms with E-state index < -0.39 is 26.6 Å². The van der Waals surface area contributed by atoms with Crippen LogP contribution in [0, 0.1) is 11.6 Å². The Labute approximate surface area is 111 Å². The standard InChI is InChI=1S/C10H14F2N2O2S.ClH/c1-7(13-2)6-14-17(15,16)10-5-8(11)3-4-9(10)12;/h3-5,7,13-14H,6H2,1-2H3;1H. The highest BCUT2D eigenvalue weighted by molar-refractivity contribution is 7.89. The Kier molecular flexibility index (Phi) is 6.69. The van der Waals surface area contributed by atoms with Gasteiger partial charge < -0.3 is 5.32 Å². The zero-order valence-corrected chi connectivity index (χ0v) is 11.5. The van der Waals surface area contributed by atoms with Crippen LogP contribution in [0.3, 0.4) is 0 Å². The summed E-state index contributed by atoms with van der Waals surface area (Å²) < 4.78 is 51.7. The third kappa shape index (κ3) is 4.49.